The Hall–Kier alpha value is -1.90. The summed E-state index contributed by atoms with van der Waals surface area (Å²) in [6, 6.07) is 25.9. The molecule has 106 valence electrons. The van der Waals surface area contributed by atoms with Crippen LogP contribution in [-0.2, 0) is 6.54 Å². The number of rotatable bonds is 5. The maximum Gasteiger partial charge on any atom is 0.0346 e. The Bertz CT molecular complexity index is 673. The highest BCUT2D eigenvalue weighted by Crippen LogP contribution is 2.28. The number of nitrogens with one attached hydrogen (secondary N) is 1. The van der Waals surface area contributed by atoms with Crippen molar-refractivity contribution in [3.63, 3.8) is 0 Å². The molecule has 1 N–H and O–H groups in total. The fourth-order valence-electron chi connectivity index (χ4n) is 2.34. The van der Waals surface area contributed by atoms with Crippen LogP contribution in [0.1, 0.15) is 23.4 Å². The first-order valence-electron chi connectivity index (χ1n) is 7.25. The van der Waals surface area contributed by atoms with E-state index in [2.05, 4.69) is 85.0 Å². The molecule has 1 atom stereocenters. The average molecular weight is 293 g/mol. The van der Waals surface area contributed by atoms with Crippen molar-refractivity contribution in [2.24, 2.45) is 0 Å². The third-order valence-corrected chi connectivity index (χ3v) is 4.74. The maximum absolute atomic E-state index is 3.59. The number of thiophene rings is 1. The van der Waals surface area contributed by atoms with E-state index in [-0.39, 0.29) is 0 Å². The molecule has 0 spiro atoms. The Balaban J connectivity index is 1.63. The number of hydrogen-bond acceptors (Lipinski definition) is 2. The van der Waals surface area contributed by atoms with Gasteiger partial charge in [0.1, 0.15) is 0 Å². The van der Waals surface area contributed by atoms with Gasteiger partial charge in [-0.3, -0.25) is 0 Å². The van der Waals surface area contributed by atoms with Crippen LogP contribution in [0.25, 0.3) is 10.4 Å². The van der Waals surface area contributed by atoms with Crippen molar-refractivity contribution in [1.29, 1.82) is 0 Å². The van der Waals surface area contributed by atoms with Crippen LogP contribution in [0.15, 0.2) is 72.8 Å². The quantitative estimate of drug-likeness (QED) is 0.676. The third kappa shape index (κ3) is 3.60. The second-order valence-electron chi connectivity index (χ2n) is 5.15. The minimum absolute atomic E-state index is 0.369. The van der Waals surface area contributed by atoms with Gasteiger partial charge in [0.2, 0.25) is 0 Å². The smallest absolute Gasteiger partial charge is 0.0346 e. The van der Waals surface area contributed by atoms with Crippen LogP contribution in [0.3, 0.4) is 0 Å². The molecule has 0 bridgehead atoms. The third-order valence-electron chi connectivity index (χ3n) is 3.60. The molecule has 0 radical (unpaired) electrons. The van der Waals surface area contributed by atoms with E-state index >= 15 is 0 Å². The summed E-state index contributed by atoms with van der Waals surface area (Å²) in [6.07, 6.45) is 0. The van der Waals surface area contributed by atoms with Gasteiger partial charge in [-0.25, -0.2) is 0 Å². The van der Waals surface area contributed by atoms with Crippen molar-refractivity contribution in [3.8, 4) is 10.4 Å². The van der Waals surface area contributed by atoms with Crippen LogP contribution in [0, 0.1) is 0 Å². The van der Waals surface area contributed by atoms with E-state index < -0.39 is 0 Å². The Morgan fingerprint density at radius 1 is 0.857 bits per heavy atom. The minimum Gasteiger partial charge on any atom is -0.305 e. The predicted octanol–water partition coefficient (Wildman–Crippen LogP) is 5.27. The molecule has 0 saturated heterocycles. The molecule has 1 heterocycles. The second-order valence-corrected chi connectivity index (χ2v) is 6.31. The largest absolute Gasteiger partial charge is 0.305 e. The Morgan fingerprint density at radius 2 is 1.52 bits per heavy atom. The van der Waals surface area contributed by atoms with Gasteiger partial charge in [-0.15, -0.1) is 11.3 Å². The predicted molar refractivity (Wildman–Crippen MR) is 91.5 cm³/mol. The van der Waals surface area contributed by atoms with Crippen LogP contribution in [0.5, 0.6) is 0 Å². The highest BCUT2D eigenvalue weighted by Gasteiger charge is 2.06. The van der Waals surface area contributed by atoms with Crippen LogP contribution in [0.2, 0.25) is 0 Å². The first-order chi connectivity index (χ1) is 10.3. The molecular formula is C19H19NS. The fourth-order valence-corrected chi connectivity index (χ4v) is 3.31. The van der Waals surface area contributed by atoms with E-state index in [9.17, 15) is 0 Å². The van der Waals surface area contributed by atoms with Crippen LogP contribution in [-0.4, -0.2) is 0 Å². The molecule has 21 heavy (non-hydrogen) atoms. The van der Waals surface area contributed by atoms with Crippen molar-refractivity contribution in [1.82, 2.24) is 5.32 Å². The summed E-state index contributed by atoms with van der Waals surface area (Å²) < 4.78 is 0. The van der Waals surface area contributed by atoms with Crippen LogP contribution >= 0.6 is 11.3 Å². The monoisotopic (exact) mass is 293 g/mol. The summed E-state index contributed by atoms with van der Waals surface area (Å²) in [7, 11) is 0. The van der Waals surface area contributed by atoms with Gasteiger partial charge >= 0.3 is 0 Å². The van der Waals surface area contributed by atoms with Gasteiger partial charge in [-0.05, 0) is 30.2 Å². The Morgan fingerprint density at radius 3 is 2.24 bits per heavy atom. The van der Waals surface area contributed by atoms with Gasteiger partial charge < -0.3 is 5.32 Å². The Labute approximate surface area is 130 Å². The van der Waals surface area contributed by atoms with Gasteiger partial charge in [0, 0.05) is 22.3 Å². The molecule has 0 aliphatic rings. The SMILES string of the molecule is CC(NCc1ccc(-c2ccccc2)s1)c1ccccc1. The van der Waals surface area contributed by atoms with E-state index in [1.807, 2.05) is 11.3 Å². The highest BCUT2D eigenvalue weighted by molar-refractivity contribution is 7.15. The summed E-state index contributed by atoms with van der Waals surface area (Å²) in [5.74, 6) is 0. The molecule has 1 unspecified atom stereocenters. The lowest BCUT2D eigenvalue weighted by Gasteiger charge is -2.13. The summed E-state index contributed by atoms with van der Waals surface area (Å²) in [4.78, 5) is 2.70. The summed E-state index contributed by atoms with van der Waals surface area (Å²) >= 11 is 1.86. The molecule has 3 aromatic rings. The van der Waals surface area contributed by atoms with Crippen LogP contribution in [0.4, 0.5) is 0 Å². The van der Waals surface area contributed by atoms with E-state index in [0.717, 1.165) is 6.54 Å². The van der Waals surface area contributed by atoms with E-state index in [1.165, 1.54) is 20.9 Å². The average Bonchev–Trinajstić information content (AvgIpc) is 3.03. The molecule has 0 fully saturated rings. The number of hydrogen-bond donors (Lipinski definition) is 1. The molecule has 2 aromatic carbocycles. The second kappa shape index (κ2) is 6.70. The molecule has 1 nitrogen and oxygen atoms in total. The lowest BCUT2D eigenvalue weighted by Crippen LogP contribution is -2.17. The van der Waals surface area contributed by atoms with Crippen molar-refractivity contribution >= 4 is 11.3 Å². The van der Waals surface area contributed by atoms with Gasteiger partial charge in [0.05, 0.1) is 0 Å². The molecule has 0 amide bonds. The molecule has 0 aliphatic carbocycles. The van der Waals surface area contributed by atoms with Crippen molar-refractivity contribution in [2.75, 3.05) is 0 Å². The minimum atomic E-state index is 0.369. The molecule has 1 aromatic heterocycles. The van der Waals surface area contributed by atoms with Crippen molar-refractivity contribution in [3.05, 3.63) is 83.2 Å². The normalized spacial score (nSPS) is 12.2. The van der Waals surface area contributed by atoms with E-state index in [0.29, 0.717) is 6.04 Å². The molecular weight excluding hydrogens is 274 g/mol. The maximum atomic E-state index is 3.59. The summed E-state index contributed by atoms with van der Waals surface area (Å²) in [6.45, 7) is 3.12. The van der Waals surface area contributed by atoms with Crippen molar-refractivity contribution in [2.45, 2.75) is 19.5 Å². The lowest BCUT2D eigenvalue weighted by atomic mass is 10.1. The molecule has 0 aliphatic heterocycles. The van der Waals surface area contributed by atoms with Crippen LogP contribution < -0.4 is 5.32 Å². The first kappa shape index (κ1) is 14.1. The van der Waals surface area contributed by atoms with Gasteiger partial charge in [-0.1, -0.05) is 60.7 Å². The topological polar surface area (TPSA) is 12.0 Å². The fraction of sp³-hybridized carbons (Fsp3) is 0.158. The zero-order valence-corrected chi connectivity index (χ0v) is 12.9. The van der Waals surface area contributed by atoms with E-state index in [1.54, 1.807) is 0 Å². The highest BCUT2D eigenvalue weighted by atomic mass is 32.1. The summed E-state index contributed by atoms with van der Waals surface area (Å²) in [5, 5.41) is 3.59. The van der Waals surface area contributed by atoms with Gasteiger partial charge in [-0.2, -0.15) is 0 Å². The summed E-state index contributed by atoms with van der Waals surface area (Å²) in [5.41, 5.74) is 2.63. The lowest BCUT2D eigenvalue weighted by molar-refractivity contribution is 0.579. The van der Waals surface area contributed by atoms with Crippen molar-refractivity contribution < 1.29 is 0 Å². The zero-order chi connectivity index (χ0) is 14.5. The first-order valence-corrected chi connectivity index (χ1v) is 8.07. The number of benzene rings is 2. The van der Waals surface area contributed by atoms with E-state index in [4.69, 9.17) is 0 Å². The standard InChI is InChI=1S/C19H19NS/c1-15(16-8-4-2-5-9-16)20-14-18-12-13-19(21-18)17-10-6-3-7-11-17/h2-13,15,20H,14H2,1H3. The zero-order valence-electron chi connectivity index (χ0n) is 12.1. The Kier molecular flexibility index (Phi) is 4.49. The van der Waals surface area contributed by atoms with Gasteiger partial charge in [0.15, 0.2) is 0 Å². The molecule has 2 heteroatoms. The molecule has 3 rings (SSSR count). The molecule has 0 saturated carbocycles. The van der Waals surface area contributed by atoms with Gasteiger partial charge in [0.25, 0.3) is 0 Å².